The van der Waals surface area contributed by atoms with Gasteiger partial charge >= 0.3 is 0 Å². The van der Waals surface area contributed by atoms with Crippen LogP contribution in [0.4, 0.5) is 0 Å². The van der Waals surface area contributed by atoms with Crippen molar-refractivity contribution in [2.75, 3.05) is 19.7 Å². The fraction of sp³-hybridized carbons (Fsp3) is 0.333. The van der Waals surface area contributed by atoms with Crippen molar-refractivity contribution in [1.29, 1.82) is 0 Å². The molecule has 0 fully saturated rings. The Bertz CT molecular complexity index is 776. The third-order valence-corrected chi connectivity index (χ3v) is 4.24. The summed E-state index contributed by atoms with van der Waals surface area (Å²) in [5, 5.41) is 12.3. The Balaban J connectivity index is 2.03. The lowest BCUT2D eigenvalue weighted by atomic mass is 10.2. The van der Waals surface area contributed by atoms with Gasteiger partial charge in [-0.25, -0.2) is 0 Å². The third kappa shape index (κ3) is 5.42. The van der Waals surface area contributed by atoms with Crippen LogP contribution < -0.4 is 10.9 Å². The zero-order valence-electron chi connectivity index (χ0n) is 14.1. The number of pyridine rings is 1. The Morgan fingerprint density at radius 1 is 1.28 bits per heavy atom. The SMILES string of the molecule is CCN(CCO)Cc1ccc(C(=O)NCc2ccccc2Cl)c(=O)[nH]1. The van der Waals surface area contributed by atoms with Gasteiger partial charge in [-0.3, -0.25) is 14.5 Å². The number of H-pyrrole nitrogens is 1. The lowest BCUT2D eigenvalue weighted by molar-refractivity contribution is 0.0949. The Morgan fingerprint density at radius 3 is 2.68 bits per heavy atom. The molecule has 0 saturated carbocycles. The van der Waals surface area contributed by atoms with E-state index >= 15 is 0 Å². The molecule has 1 amide bonds. The number of hydrogen-bond donors (Lipinski definition) is 3. The number of amides is 1. The predicted molar refractivity (Wildman–Crippen MR) is 97.7 cm³/mol. The van der Waals surface area contributed by atoms with Crippen LogP contribution in [0.15, 0.2) is 41.2 Å². The van der Waals surface area contributed by atoms with Gasteiger partial charge in [-0.05, 0) is 30.3 Å². The number of carbonyl (C=O) groups is 1. The molecule has 0 spiro atoms. The second-order valence-corrected chi connectivity index (χ2v) is 6.00. The summed E-state index contributed by atoms with van der Waals surface area (Å²) in [4.78, 5) is 29.1. The van der Waals surface area contributed by atoms with Crippen molar-refractivity contribution in [3.63, 3.8) is 0 Å². The van der Waals surface area contributed by atoms with Gasteiger partial charge in [0.15, 0.2) is 0 Å². The molecule has 0 aliphatic heterocycles. The van der Waals surface area contributed by atoms with Crippen LogP contribution in [0.25, 0.3) is 0 Å². The molecule has 1 heterocycles. The number of halogens is 1. The zero-order chi connectivity index (χ0) is 18.2. The number of likely N-dealkylation sites (N-methyl/N-ethyl adjacent to an activating group) is 1. The van der Waals surface area contributed by atoms with Crippen molar-refractivity contribution in [3.05, 3.63) is 68.6 Å². The molecular weight excluding hydrogens is 342 g/mol. The standard InChI is InChI=1S/C18H22ClN3O3/c1-2-22(9-10-23)12-14-7-8-15(18(25)21-14)17(24)20-11-13-5-3-4-6-16(13)19/h3-8,23H,2,9-12H2,1H3,(H,20,24)(H,21,25). The molecule has 2 rings (SSSR count). The fourth-order valence-corrected chi connectivity index (χ4v) is 2.63. The monoisotopic (exact) mass is 363 g/mol. The summed E-state index contributed by atoms with van der Waals surface area (Å²) in [5.41, 5.74) is 1.10. The molecule has 0 aliphatic carbocycles. The van der Waals surface area contributed by atoms with Gasteiger partial charge in [0.25, 0.3) is 11.5 Å². The van der Waals surface area contributed by atoms with Crippen LogP contribution in [0, 0.1) is 0 Å². The molecule has 0 bridgehead atoms. The third-order valence-electron chi connectivity index (χ3n) is 3.87. The van der Waals surface area contributed by atoms with E-state index in [0.29, 0.717) is 23.8 Å². The maximum Gasteiger partial charge on any atom is 0.261 e. The first-order valence-electron chi connectivity index (χ1n) is 8.12. The Hall–Kier alpha value is -2.15. The molecule has 3 N–H and O–H groups in total. The molecule has 0 unspecified atom stereocenters. The van der Waals surface area contributed by atoms with Gasteiger partial charge < -0.3 is 15.4 Å². The van der Waals surface area contributed by atoms with E-state index in [-0.39, 0.29) is 18.7 Å². The molecule has 25 heavy (non-hydrogen) atoms. The van der Waals surface area contributed by atoms with Crippen molar-refractivity contribution in [3.8, 4) is 0 Å². The van der Waals surface area contributed by atoms with E-state index in [2.05, 4.69) is 10.3 Å². The van der Waals surface area contributed by atoms with Crippen LogP contribution in [0.1, 0.15) is 28.5 Å². The number of aliphatic hydroxyl groups excluding tert-OH is 1. The highest BCUT2D eigenvalue weighted by Crippen LogP contribution is 2.14. The molecule has 0 radical (unpaired) electrons. The van der Waals surface area contributed by atoms with E-state index < -0.39 is 11.5 Å². The van der Waals surface area contributed by atoms with Gasteiger partial charge in [0.05, 0.1) is 6.61 Å². The summed E-state index contributed by atoms with van der Waals surface area (Å²) >= 11 is 6.05. The molecule has 0 saturated heterocycles. The number of nitrogens with one attached hydrogen (secondary N) is 2. The quantitative estimate of drug-likeness (QED) is 0.667. The van der Waals surface area contributed by atoms with Crippen molar-refractivity contribution in [1.82, 2.24) is 15.2 Å². The highest BCUT2D eigenvalue weighted by Gasteiger charge is 2.12. The van der Waals surface area contributed by atoms with Crippen LogP contribution in [0.3, 0.4) is 0 Å². The van der Waals surface area contributed by atoms with Crippen LogP contribution in [0.2, 0.25) is 5.02 Å². The number of aromatic nitrogens is 1. The van der Waals surface area contributed by atoms with Crippen LogP contribution in [-0.2, 0) is 13.1 Å². The first kappa shape index (κ1) is 19.2. The molecule has 0 atom stereocenters. The average molecular weight is 364 g/mol. The van der Waals surface area contributed by atoms with Gasteiger partial charge in [0.2, 0.25) is 0 Å². The van der Waals surface area contributed by atoms with Crippen LogP contribution >= 0.6 is 11.6 Å². The highest BCUT2D eigenvalue weighted by molar-refractivity contribution is 6.31. The van der Waals surface area contributed by atoms with E-state index in [4.69, 9.17) is 16.7 Å². The summed E-state index contributed by atoms with van der Waals surface area (Å²) in [6, 6.07) is 10.4. The number of hydrogen-bond acceptors (Lipinski definition) is 4. The maximum atomic E-state index is 12.2. The van der Waals surface area contributed by atoms with Gasteiger partial charge in [0.1, 0.15) is 5.56 Å². The molecule has 2 aromatic rings. The average Bonchev–Trinajstić information content (AvgIpc) is 2.60. The van der Waals surface area contributed by atoms with E-state index in [9.17, 15) is 9.59 Å². The van der Waals surface area contributed by atoms with Crippen molar-refractivity contribution in [2.45, 2.75) is 20.0 Å². The molecule has 134 valence electrons. The highest BCUT2D eigenvalue weighted by atomic mass is 35.5. The predicted octanol–water partition coefficient (Wildman–Crippen LogP) is 1.77. The van der Waals surface area contributed by atoms with E-state index in [1.807, 2.05) is 30.0 Å². The molecule has 0 aliphatic rings. The topological polar surface area (TPSA) is 85.4 Å². The van der Waals surface area contributed by atoms with Crippen molar-refractivity contribution < 1.29 is 9.90 Å². The number of carbonyl (C=O) groups excluding carboxylic acids is 1. The summed E-state index contributed by atoms with van der Waals surface area (Å²) in [5.74, 6) is -0.449. The number of benzene rings is 1. The minimum Gasteiger partial charge on any atom is -0.395 e. The summed E-state index contributed by atoms with van der Waals surface area (Å²) < 4.78 is 0. The smallest absolute Gasteiger partial charge is 0.261 e. The number of rotatable bonds is 8. The van der Waals surface area contributed by atoms with Crippen molar-refractivity contribution >= 4 is 17.5 Å². The summed E-state index contributed by atoms with van der Waals surface area (Å²) in [6.45, 7) is 4.07. The van der Waals surface area contributed by atoms with Crippen LogP contribution in [-0.4, -0.2) is 40.6 Å². The van der Waals surface area contributed by atoms with Gasteiger partial charge in [-0.2, -0.15) is 0 Å². The minimum absolute atomic E-state index is 0.0562. The Morgan fingerprint density at radius 2 is 2.04 bits per heavy atom. The Kier molecular flexibility index (Phi) is 7.18. The number of nitrogens with zero attached hydrogens (tertiary/aromatic N) is 1. The second-order valence-electron chi connectivity index (χ2n) is 5.59. The molecule has 6 nitrogen and oxygen atoms in total. The normalized spacial score (nSPS) is 10.9. The first-order valence-corrected chi connectivity index (χ1v) is 8.50. The first-order chi connectivity index (χ1) is 12.0. The zero-order valence-corrected chi connectivity index (χ0v) is 14.8. The van der Waals surface area contributed by atoms with E-state index in [1.54, 1.807) is 12.1 Å². The molecular formula is C18H22ClN3O3. The van der Waals surface area contributed by atoms with Gasteiger partial charge in [-0.1, -0.05) is 36.7 Å². The van der Waals surface area contributed by atoms with Gasteiger partial charge in [-0.15, -0.1) is 0 Å². The minimum atomic E-state index is -0.449. The maximum absolute atomic E-state index is 12.2. The fourth-order valence-electron chi connectivity index (χ4n) is 2.43. The molecule has 1 aromatic carbocycles. The molecule has 7 heteroatoms. The lowest BCUT2D eigenvalue weighted by Gasteiger charge is -2.18. The molecule has 1 aromatic heterocycles. The van der Waals surface area contributed by atoms with Gasteiger partial charge in [0, 0.05) is 30.4 Å². The largest absolute Gasteiger partial charge is 0.395 e. The lowest BCUT2D eigenvalue weighted by Crippen LogP contribution is -2.31. The van der Waals surface area contributed by atoms with E-state index in [0.717, 1.165) is 12.1 Å². The second kappa shape index (κ2) is 9.36. The summed E-state index contributed by atoms with van der Waals surface area (Å²) in [6.07, 6.45) is 0. The Labute approximate surface area is 151 Å². The number of aliphatic hydroxyl groups is 1. The van der Waals surface area contributed by atoms with E-state index in [1.165, 1.54) is 6.07 Å². The summed E-state index contributed by atoms with van der Waals surface area (Å²) in [7, 11) is 0. The van der Waals surface area contributed by atoms with Crippen molar-refractivity contribution in [2.24, 2.45) is 0 Å². The number of aromatic amines is 1. The van der Waals surface area contributed by atoms with Crippen LogP contribution in [0.5, 0.6) is 0 Å².